The Bertz CT molecular complexity index is 419. The Morgan fingerprint density at radius 1 is 1.33 bits per heavy atom. The molecule has 0 atom stereocenters. The van der Waals surface area contributed by atoms with Crippen LogP contribution in [0.4, 0.5) is 0 Å². The van der Waals surface area contributed by atoms with Gasteiger partial charge < -0.3 is 11.1 Å². The number of hydrogen-bond donors (Lipinski definition) is 2. The predicted octanol–water partition coefficient (Wildman–Crippen LogP) is 1.76. The summed E-state index contributed by atoms with van der Waals surface area (Å²) < 4.78 is 0. The molecule has 1 aromatic carbocycles. The molecule has 0 unspecified atom stereocenters. The van der Waals surface area contributed by atoms with Crippen LogP contribution in [0, 0.1) is 5.41 Å². The van der Waals surface area contributed by atoms with Gasteiger partial charge in [0.1, 0.15) is 0 Å². The lowest BCUT2D eigenvalue weighted by atomic mass is 10.0. The van der Waals surface area contributed by atoms with Gasteiger partial charge in [0.25, 0.3) is 0 Å². The normalized spacial score (nSPS) is 11.5. The minimum absolute atomic E-state index is 0.260. The number of benzene rings is 1. The molecule has 0 aliphatic heterocycles. The number of amides is 1. The van der Waals surface area contributed by atoms with Crippen LogP contribution in [0.25, 0.3) is 5.57 Å². The van der Waals surface area contributed by atoms with E-state index >= 15 is 0 Å². The van der Waals surface area contributed by atoms with Gasteiger partial charge in [-0.3, -0.25) is 4.79 Å². The first-order chi connectivity index (χ1) is 7.20. The summed E-state index contributed by atoms with van der Waals surface area (Å²) in [7, 11) is 0. The van der Waals surface area contributed by atoms with Gasteiger partial charge in [-0.2, -0.15) is 0 Å². The van der Waals surface area contributed by atoms with Crippen molar-refractivity contribution in [1.82, 2.24) is 0 Å². The van der Waals surface area contributed by atoms with Crippen molar-refractivity contribution in [3.05, 3.63) is 54.1 Å². The van der Waals surface area contributed by atoms with Gasteiger partial charge in [0.2, 0.25) is 5.91 Å². The van der Waals surface area contributed by atoms with Crippen LogP contribution < -0.4 is 5.73 Å². The third-order valence-electron chi connectivity index (χ3n) is 1.99. The molecule has 1 aromatic rings. The van der Waals surface area contributed by atoms with Crippen molar-refractivity contribution >= 4 is 17.7 Å². The van der Waals surface area contributed by atoms with Gasteiger partial charge >= 0.3 is 0 Å². The highest BCUT2D eigenvalue weighted by atomic mass is 16.1. The molecular weight excluding hydrogens is 188 g/mol. The lowest BCUT2D eigenvalue weighted by Crippen LogP contribution is -2.14. The Morgan fingerprint density at radius 3 is 2.33 bits per heavy atom. The van der Waals surface area contributed by atoms with Crippen LogP contribution in [-0.4, -0.2) is 12.1 Å². The maximum Gasteiger partial charge on any atom is 0.249 e. The summed E-state index contributed by atoms with van der Waals surface area (Å²) in [5.41, 5.74) is 6.71. The molecule has 0 saturated carbocycles. The minimum atomic E-state index is -0.577. The summed E-state index contributed by atoms with van der Waals surface area (Å²) in [4.78, 5) is 11.1. The second-order valence-electron chi connectivity index (χ2n) is 2.91. The molecule has 0 spiro atoms. The first-order valence-corrected chi connectivity index (χ1v) is 4.43. The van der Waals surface area contributed by atoms with Crippen molar-refractivity contribution in [1.29, 1.82) is 5.41 Å². The number of nitrogens with two attached hydrogens (primary N) is 1. The average Bonchev–Trinajstić information content (AvgIpc) is 2.26. The van der Waals surface area contributed by atoms with E-state index in [1.165, 1.54) is 6.08 Å². The molecule has 0 saturated heterocycles. The van der Waals surface area contributed by atoms with Crippen molar-refractivity contribution < 1.29 is 4.79 Å². The monoisotopic (exact) mass is 200 g/mol. The van der Waals surface area contributed by atoms with Crippen LogP contribution in [0.5, 0.6) is 0 Å². The zero-order valence-electron chi connectivity index (χ0n) is 8.23. The molecule has 1 rings (SSSR count). The number of rotatable bonds is 4. The summed E-state index contributed by atoms with van der Waals surface area (Å²) in [5.74, 6) is -0.577. The fourth-order valence-electron chi connectivity index (χ4n) is 1.28. The van der Waals surface area contributed by atoms with Crippen molar-refractivity contribution in [2.45, 2.75) is 0 Å². The lowest BCUT2D eigenvalue weighted by molar-refractivity contribution is -0.114. The summed E-state index contributed by atoms with van der Waals surface area (Å²) >= 11 is 0. The molecule has 3 heteroatoms. The maximum atomic E-state index is 11.1. The average molecular weight is 200 g/mol. The zero-order valence-corrected chi connectivity index (χ0v) is 8.23. The van der Waals surface area contributed by atoms with E-state index in [2.05, 4.69) is 6.58 Å². The second kappa shape index (κ2) is 4.91. The number of carbonyl (C=O) groups excluding carboxylic acids is 1. The number of primary amides is 1. The van der Waals surface area contributed by atoms with E-state index in [4.69, 9.17) is 11.1 Å². The highest BCUT2D eigenvalue weighted by molar-refractivity contribution is 6.19. The third kappa shape index (κ3) is 2.40. The van der Waals surface area contributed by atoms with E-state index in [1.54, 1.807) is 0 Å². The van der Waals surface area contributed by atoms with Gasteiger partial charge in [-0.15, -0.1) is 0 Å². The molecule has 0 radical (unpaired) electrons. The van der Waals surface area contributed by atoms with Crippen molar-refractivity contribution in [3.63, 3.8) is 0 Å². The fraction of sp³-hybridized carbons (Fsp3) is 0. The van der Waals surface area contributed by atoms with E-state index in [-0.39, 0.29) is 5.57 Å². The first-order valence-electron chi connectivity index (χ1n) is 4.43. The van der Waals surface area contributed by atoms with Crippen LogP contribution in [0.3, 0.4) is 0 Å². The third-order valence-corrected chi connectivity index (χ3v) is 1.99. The molecule has 3 N–H and O–H groups in total. The molecule has 0 heterocycles. The SMILES string of the molecule is C=C/C(C(N)=O)=C(/C=N)c1ccccc1. The number of hydrogen-bond acceptors (Lipinski definition) is 2. The summed E-state index contributed by atoms with van der Waals surface area (Å²) in [6.45, 7) is 3.51. The van der Waals surface area contributed by atoms with Crippen molar-refractivity contribution in [2.24, 2.45) is 5.73 Å². The van der Waals surface area contributed by atoms with E-state index in [9.17, 15) is 4.79 Å². The summed E-state index contributed by atoms with van der Waals surface area (Å²) in [6.07, 6.45) is 2.48. The highest BCUT2D eigenvalue weighted by Gasteiger charge is 2.08. The fourth-order valence-corrected chi connectivity index (χ4v) is 1.28. The predicted molar refractivity (Wildman–Crippen MR) is 61.5 cm³/mol. The van der Waals surface area contributed by atoms with Gasteiger partial charge in [0.05, 0.1) is 0 Å². The van der Waals surface area contributed by atoms with Gasteiger partial charge in [-0.25, -0.2) is 0 Å². The number of carbonyl (C=O) groups is 1. The van der Waals surface area contributed by atoms with Crippen LogP contribution in [-0.2, 0) is 4.79 Å². The zero-order chi connectivity index (χ0) is 11.3. The molecule has 76 valence electrons. The minimum Gasteiger partial charge on any atom is -0.366 e. The van der Waals surface area contributed by atoms with Crippen molar-refractivity contribution in [3.8, 4) is 0 Å². The Kier molecular flexibility index (Phi) is 3.57. The molecule has 0 aliphatic carbocycles. The largest absolute Gasteiger partial charge is 0.366 e. The summed E-state index contributed by atoms with van der Waals surface area (Å²) in [5, 5.41) is 7.29. The molecular formula is C12H12N2O. The van der Waals surface area contributed by atoms with Gasteiger partial charge in [-0.05, 0) is 5.56 Å². The molecule has 0 bridgehead atoms. The Balaban J connectivity index is 3.35. The van der Waals surface area contributed by atoms with Gasteiger partial charge in [0.15, 0.2) is 0 Å². The number of nitrogens with one attached hydrogen (secondary N) is 1. The number of allylic oxidation sites excluding steroid dienone is 1. The Morgan fingerprint density at radius 2 is 1.93 bits per heavy atom. The van der Waals surface area contributed by atoms with E-state index in [0.717, 1.165) is 11.8 Å². The summed E-state index contributed by atoms with van der Waals surface area (Å²) in [6, 6.07) is 9.16. The van der Waals surface area contributed by atoms with Crippen LogP contribution in [0.15, 0.2) is 48.6 Å². The second-order valence-corrected chi connectivity index (χ2v) is 2.91. The smallest absolute Gasteiger partial charge is 0.249 e. The molecule has 3 nitrogen and oxygen atoms in total. The van der Waals surface area contributed by atoms with Crippen LogP contribution in [0.2, 0.25) is 0 Å². The standard InChI is InChI=1S/C12H12N2O/c1-2-10(12(14)15)11(8-13)9-6-4-3-5-7-9/h2-8,13H,1H2,(H2,14,15)/b11-10+,13-8?. The van der Waals surface area contributed by atoms with E-state index in [0.29, 0.717) is 5.57 Å². The maximum absolute atomic E-state index is 11.1. The highest BCUT2D eigenvalue weighted by Crippen LogP contribution is 2.16. The quantitative estimate of drug-likeness (QED) is 0.434. The lowest BCUT2D eigenvalue weighted by Gasteiger charge is -2.05. The first kappa shape index (κ1) is 10.9. The van der Waals surface area contributed by atoms with Gasteiger partial charge in [0, 0.05) is 17.4 Å². The van der Waals surface area contributed by atoms with Gasteiger partial charge in [-0.1, -0.05) is 43.0 Å². The van der Waals surface area contributed by atoms with E-state index < -0.39 is 5.91 Å². The molecule has 0 aromatic heterocycles. The molecule has 0 aliphatic rings. The molecule has 0 fully saturated rings. The van der Waals surface area contributed by atoms with Crippen LogP contribution >= 0.6 is 0 Å². The Hall–Kier alpha value is -2.16. The molecule has 15 heavy (non-hydrogen) atoms. The van der Waals surface area contributed by atoms with Crippen LogP contribution in [0.1, 0.15) is 5.56 Å². The van der Waals surface area contributed by atoms with E-state index in [1.807, 2.05) is 30.3 Å². The molecule has 1 amide bonds. The Labute approximate surface area is 88.4 Å². The van der Waals surface area contributed by atoms with Crippen molar-refractivity contribution in [2.75, 3.05) is 0 Å². The topological polar surface area (TPSA) is 66.9 Å².